The molecule has 1 aliphatic rings. The number of hydrogen-bond acceptors (Lipinski definition) is 4. The van der Waals surface area contributed by atoms with Crippen LogP contribution < -0.4 is 14.9 Å². The normalized spacial score (nSPS) is 13.8. The Labute approximate surface area is 136 Å². The van der Waals surface area contributed by atoms with Crippen molar-refractivity contribution in [3.05, 3.63) is 50.3 Å². The molecular formula is C16H17FN2O3S. The number of ether oxygens (including phenoxy) is 1. The summed E-state index contributed by atoms with van der Waals surface area (Å²) >= 11 is 0.957. The van der Waals surface area contributed by atoms with Crippen molar-refractivity contribution in [2.24, 2.45) is 0 Å². The summed E-state index contributed by atoms with van der Waals surface area (Å²) in [6, 6.07) is 5.96. The van der Waals surface area contributed by atoms with Crippen LogP contribution in [-0.2, 0) is 6.54 Å². The number of carbonyl (C=O) groups is 1. The van der Waals surface area contributed by atoms with Gasteiger partial charge in [-0.1, -0.05) is 11.3 Å². The Hall–Kier alpha value is -2.15. The van der Waals surface area contributed by atoms with Gasteiger partial charge in [0.1, 0.15) is 23.1 Å². The molecule has 0 unspecified atom stereocenters. The standard InChI is InChI=1S/C16H17FN2O3S/c1-10-14(15(20)18-12-4-5-12)23-16(21)19(10)8-9-22-13-6-2-11(17)3-7-13/h2-3,6-7,12H,4-5,8-9H2,1H3,(H,18,20). The molecule has 1 aliphatic carbocycles. The molecule has 1 heterocycles. The van der Waals surface area contributed by atoms with Gasteiger partial charge in [-0.3, -0.25) is 14.2 Å². The monoisotopic (exact) mass is 336 g/mol. The zero-order valence-electron chi connectivity index (χ0n) is 12.7. The van der Waals surface area contributed by atoms with Gasteiger partial charge in [0, 0.05) is 11.7 Å². The van der Waals surface area contributed by atoms with Gasteiger partial charge >= 0.3 is 4.87 Å². The van der Waals surface area contributed by atoms with Gasteiger partial charge in [-0.25, -0.2) is 4.39 Å². The van der Waals surface area contributed by atoms with Crippen LogP contribution in [0.2, 0.25) is 0 Å². The molecule has 0 radical (unpaired) electrons. The van der Waals surface area contributed by atoms with Gasteiger partial charge in [0.05, 0.1) is 6.54 Å². The summed E-state index contributed by atoms with van der Waals surface area (Å²) in [5, 5.41) is 2.89. The van der Waals surface area contributed by atoms with E-state index < -0.39 is 0 Å². The van der Waals surface area contributed by atoms with Crippen LogP contribution in [0.5, 0.6) is 5.75 Å². The van der Waals surface area contributed by atoms with E-state index >= 15 is 0 Å². The molecular weight excluding hydrogens is 319 g/mol. The van der Waals surface area contributed by atoms with E-state index in [0.29, 0.717) is 22.9 Å². The number of nitrogens with zero attached hydrogens (tertiary/aromatic N) is 1. The van der Waals surface area contributed by atoms with Gasteiger partial charge in [0.15, 0.2) is 0 Å². The third-order valence-corrected chi connectivity index (χ3v) is 4.74. The number of nitrogens with one attached hydrogen (secondary N) is 1. The highest BCUT2D eigenvalue weighted by Crippen LogP contribution is 2.21. The number of halogens is 1. The summed E-state index contributed by atoms with van der Waals surface area (Å²) in [5.41, 5.74) is 0.654. The Kier molecular flexibility index (Phi) is 4.47. The number of carbonyl (C=O) groups excluding carboxylic acids is 1. The number of hydrogen-bond donors (Lipinski definition) is 1. The smallest absolute Gasteiger partial charge is 0.308 e. The van der Waals surface area contributed by atoms with E-state index in [2.05, 4.69) is 5.32 Å². The van der Waals surface area contributed by atoms with E-state index in [1.54, 1.807) is 6.92 Å². The Balaban J connectivity index is 1.63. The number of aromatic nitrogens is 1. The van der Waals surface area contributed by atoms with Crippen molar-refractivity contribution < 1.29 is 13.9 Å². The van der Waals surface area contributed by atoms with E-state index in [9.17, 15) is 14.0 Å². The number of thiazole rings is 1. The first-order valence-corrected chi connectivity index (χ1v) is 8.25. The van der Waals surface area contributed by atoms with Gasteiger partial charge < -0.3 is 10.1 Å². The molecule has 1 aromatic carbocycles. The molecule has 1 fully saturated rings. The highest BCUT2D eigenvalue weighted by molar-refractivity contribution is 7.11. The highest BCUT2D eigenvalue weighted by atomic mass is 32.1. The molecule has 0 spiro atoms. The minimum atomic E-state index is -0.325. The number of benzene rings is 1. The average molecular weight is 336 g/mol. The molecule has 1 aromatic heterocycles. The summed E-state index contributed by atoms with van der Waals surface area (Å²) in [5.74, 6) is 0.0397. The second-order valence-corrected chi connectivity index (χ2v) is 6.45. The highest BCUT2D eigenvalue weighted by Gasteiger charge is 2.26. The lowest BCUT2D eigenvalue weighted by Crippen LogP contribution is -2.25. The molecule has 0 atom stereocenters. The van der Waals surface area contributed by atoms with E-state index in [0.717, 1.165) is 24.2 Å². The second-order valence-electron chi connectivity index (χ2n) is 5.48. The zero-order valence-corrected chi connectivity index (χ0v) is 13.5. The Bertz CT molecular complexity index is 763. The van der Waals surface area contributed by atoms with Crippen molar-refractivity contribution in [2.75, 3.05) is 6.61 Å². The van der Waals surface area contributed by atoms with Crippen molar-refractivity contribution in [3.8, 4) is 5.75 Å². The molecule has 3 rings (SSSR count). The lowest BCUT2D eigenvalue weighted by molar-refractivity contribution is 0.0954. The van der Waals surface area contributed by atoms with Gasteiger partial charge in [-0.05, 0) is 44.0 Å². The Morgan fingerprint density at radius 3 is 2.74 bits per heavy atom. The van der Waals surface area contributed by atoms with Crippen LogP contribution in [0.4, 0.5) is 4.39 Å². The largest absolute Gasteiger partial charge is 0.492 e. The first kappa shape index (κ1) is 15.7. The maximum Gasteiger partial charge on any atom is 0.308 e. The number of amides is 1. The van der Waals surface area contributed by atoms with E-state index in [1.807, 2.05) is 0 Å². The zero-order chi connectivity index (χ0) is 16.4. The molecule has 1 saturated carbocycles. The van der Waals surface area contributed by atoms with E-state index in [1.165, 1.54) is 28.8 Å². The second kappa shape index (κ2) is 6.54. The fourth-order valence-electron chi connectivity index (χ4n) is 2.21. The molecule has 0 saturated heterocycles. The summed E-state index contributed by atoms with van der Waals surface area (Å²) < 4.78 is 19.8. The van der Waals surface area contributed by atoms with Crippen molar-refractivity contribution in [1.29, 1.82) is 0 Å². The predicted octanol–water partition coefficient (Wildman–Crippen LogP) is 2.33. The average Bonchev–Trinajstić information content (AvgIpc) is 3.29. The summed E-state index contributed by atoms with van der Waals surface area (Å²) in [7, 11) is 0. The van der Waals surface area contributed by atoms with Crippen LogP contribution in [0, 0.1) is 12.7 Å². The maximum absolute atomic E-state index is 12.8. The van der Waals surface area contributed by atoms with Crippen LogP contribution in [-0.4, -0.2) is 23.1 Å². The van der Waals surface area contributed by atoms with Crippen LogP contribution in [0.15, 0.2) is 29.1 Å². The summed E-state index contributed by atoms with van der Waals surface area (Å²) in [6.45, 7) is 2.37. The molecule has 0 bridgehead atoms. The SMILES string of the molecule is Cc1c(C(=O)NC2CC2)sc(=O)n1CCOc1ccc(F)cc1. The summed E-state index contributed by atoms with van der Waals surface area (Å²) in [6.07, 6.45) is 2.01. The first-order chi connectivity index (χ1) is 11.0. The topological polar surface area (TPSA) is 60.3 Å². The van der Waals surface area contributed by atoms with Crippen LogP contribution in [0.25, 0.3) is 0 Å². The maximum atomic E-state index is 12.8. The van der Waals surface area contributed by atoms with Gasteiger partial charge in [-0.15, -0.1) is 0 Å². The molecule has 7 heteroatoms. The van der Waals surface area contributed by atoms with Gasteiger partial charge in [0.25, 0.3) is 5.91 Å². The first-order valence-electron chi connectivity index (χ1n) is 7.44. The fraction of sp³-hybridized carbons (Fsp3) is 0.375. The predicted molar refractivity (Wildman–Crippen MR) is 85.7 cm³/mol. The molecule has 1 amide bonds. The molecule has 1 N–H and O–H groups in total. The quantitative estimate of drug-likeness (QED) is 0.881. The van der Waals surface area contributed by atoms with Crippen molar-refractivity contribution >= 4 is 17.2 Å². The Morgan fingerprint density at radius 1 is 1.39 bits per heavy atom. The van der Waals surface area contributed by atoms with E-state index in [-0.39, 0.29) is 29.2 Å². The lowest BCUT2D eigenvalue weighted by atomic mass is 10.3. The minimum absolute atomic E-state index is 0.175. The van der Waals surface area contributed by atoms with Crippen molar-refractivity contribution in [2.45, 2.75) is 32.4 Å². The minimum Gasteiger partial charge on any atom is -0.492 e. The molecule has 2 aromatic rings. The molecule has 5 nitrogen and oxygen atoms in total. The van der Waals surface area contributed by atoms with Crippen LogP contribution >= 0.6 is 11.3 Å². The van der Waals surface area contributed by atoms with E-state index in [4.69, 9.17) is 4.74 Å². The number of rotatable bonds is 6. The third kappa shape index (κ3) is 3.79. The van der Waals surface area contributed by atoms with Crippen molar-refractivity contribution in [1.82, 2.24) is 9.88 Å². The fourth-order valence-corrected chi connectivity index (χ4v) is 3.13. The molecule has 0 aliphatic heterocycles. The van der Waals surface area contributed by atoms with Gasteiger partial charge in [-0.2, -0.15) is 0 Å². The van der Waals surface area contributed by atoms with Crippen LogP contribution in [0.1, 0.15) is 28.2 Å². The molecule has 122 valence electrons. The third-order valence-electron chi connectivity index (χ3n) is 3.66. The van der Waals surface area contributed by atoms with Crippen molar-refractivity contribution in [3.63, 3.8) is 0 Å². The Morgan fingerprint density at radius 2 is 2.09 bits per heavy atom. The molecule has 23 heavy (non-hydrogen) atoms. The lowest BCUT2D eigenvalue weighted by Gasteiger charge is -2.08. The summed E-state index contributed by atoms with van der Waals surface area (Å²) in [4.78, 5) is 24.4. The van der Waals surface area contributed by atoms with Crippen LogP contribution in [0.3, 0.4) is 0 Å². The van der Waals surface area contributed by atoms with Gasteiger partial charge in [0.2, 0.25) is 0 Å².